The quantitative estimate of drug-likeness (QED) is 0.686. The van der Waals surface area contributed by atoms with Gasteiger partial charge in [0.1, 0.15) is 5.75 Å². The Morgan fingerprint density at radius 3 is 2.29 bits per heavy atom. The van der Waals surface area contributed by atoms with Crippen LogP contribution in [0.25, 0.3) is 0 Å². The van der Waals surface area contributed by atoms with E-state index >= 15 is 0 Å². The molecule has 3 aliphatic rings. The minimum absolute atomic E-state index is 0.0159. The number of carbonyl (C=O) groups is 2. The Morgan fingerprint density at radius 1 is 1.06 bits per heavy atom. The molecular weight excluding hydrogens is 444 g/mol. The van der Waals surface area contributed by atoms with Crippen molar-refractivity contribution in [2.24, 2.45) is 5.92 Å². The van der Waals surface area contributed by atoms with Gasteiger partial charge in [0.2, 0.25) is 11.8 Å². The SMILES string of the molecule is COc1ccc(C#Cc2ccc([C@H]3[C@@H](CO)N4C(=O)CN(C(=O)C5CCOCC5)C[C@@H]34)cc2)cc1. The lowest BCUT2D eigenvalue weighted by atomic mass is 9.73. The molecule has 0 unspecified atom stereocenters. The van der Waals surface area contributed by atoms with Crippen LogP contribution < -0.4 is 4.74 Å². The Bertz CT molecular complexity index is 1130. The topological polar surface area (TPSA) is 79.3 Å². The predicted octanol–water partition coefficient (Wildman–Crippen LogP) is 2.02. The second-order valence-electron chi connectivity index (χ2n) is 9.35. The first kappa shape index (κ1) is 23.4. The highest BCUT2D eigenvalue weighted by Gasteiger charge is 2.54. The zero-order valence-corrected chi connectivity index (χ0v) is 19.9. The van der Waals surface area contributed by atoms with E-state index in [0.717, 1.165) is 22.4 Å². The van der Waals surface area contributed by atoms with Gasteiger partial charge in [0.15, 0.2) is 0 Å². The molecular formula is C28H30N2O5. The summed E-state index contributed by atoms with van der Waals surface area (Å²) in [5, 5.41) is 10.0. The molecule has 7 nitrogen and oxygen atoms in total. The summed E-state index contributed by atoms with van der Waals surface area (Å²) in [5.74, 6) is 7.01. The minimum Gasteiger partial charge on any atom is -0.497 e. The van der Waals surface area contributed by atoms with Crippen LogP contribution in [0.4, 0.5) is 0 Å². The molecule has 182 valence electrons. The lowest BCUT2D eigenvalue weighted by molar-refractivity contribution is -0.169. The van der Waals surface area contributed by atoms with Crippen molar-refractivity contribution in [3.05, 3.63) is 65.2 Å². The Balaban J connectivity index is 1.30. The molecule has 3 aliphatic heterocycles. The zero-order chi connectivity index (χ0) is 24.4. The zero-order valence-electron chi connectivity index (χ0n) is 19.9. The number of piperazine rings is 1. The van der Waals surface area contributed by atoms with Gasteiger partial charge in [0.05, 0.1) is 32.3 Å². The second kappa shape index (κ2) is 10.1. The van der Waals surface area contributed by atoms with Crippen LogP contribution in [-0.4, -0.2) is 78.8 Å². The van der Waals surface area contributed by atoms with Crippen molar-refractivity contribution in [1.82, 2.24) is 9.80 Å². The van der Waals surface area contributed by atoms with Gasteiger partial charge in [-0.1, -0.05) is 24.0 Å². The Hall–Kier alpha value is -3.34. The van der Waals surface area contributed by atoms with Crippen molar-refractivity contribution in [3.63, 3.8) is 0 Å². The summed E-state index contributed by atoms with van der Waals surface area (Å²) in [6.07, 6.45) is 1.42. The van der Waals surface area contributed by atoms with Crippen molar-refractivity contribution in [2.75, 3.05) is 40.0 Å². The third-order valence-corrected chi connectivity index (χ3v) is 7.37. The lowest BCUT2D eigenvalue weighted by Crippen LogP contribution is -2.73. The predicted molar refractivity (Wildman–Crippen MR) is 130 cm³/mol. The van der Waals surface area contributed by atoms with E-state index in [1.54, 1.807) is 16.9 Å². The molecule has 2 aromatic rings. The smallest absolute Gasteiger partial charge is 0.242 e. The lowest BCUT2D eigenvalue weighted by Gasteiger charge is -2.59. The molecule has 7 heteroatoms. The molecule has 0 aliphatic carbocycles. The summed E-state index contributed by atoms with van der Waals surface area (Å²) in [4.78, 5) is 29.4. The number of carbonyl (C=O) groups excluding carboxylic acids is 2. The van der Waals surface area contributed by atoms with E-state index in [0.29, 0.717) is 32.6 Å². The number of hydrogen-bond donors (Lipinski definition) is 1. The van der Waals surface area contributed by atoms with Gasteiger partial charge in [0, 0.05) is 42.7 Å². The first-order valence-electron chi connectivity index (χ1n) is 12.1. The monoisotopic (exact) mass is 474 g/mol. The number of rotatable bonds is 4. The summed E-state index contributed by atoms with van der Waals surface area (Å²) in [7, 11) is 1.63. The summed E-state index contributed by atoms with van der Waals surface area (Å²) < 4.78 is 10.6. The fourth-order valence-corrected chi connectivity index (χ4v) is 5.48. The van der Waals surface area contributed by atoms with Crippen LogP contribution in [0.15, 0.2) is 48.5 Å². The number of methoxy groups -OCH3 is 1. The van der Waals surface area contributed by atoms with Crippen LogP contribution in [0, 0.1) is 17.8 Å². The van der Waals surface area contributed by atoms with Crippen LogP contribution in [0.3, 0.4) is 0 Å². The van der Waals surface area contributed by atoms with Crippen molar-refractivity contribution < 1.29 is 24.2 Å². The van der Waals surface area contributed by atoms with E-state index in [1.165, 1.54) is 0 Å². The maximum absolute atomic E-state index is 13.1. The number of ether oxygens (including phenoxy) is 2. The number of nitrogens with zero attached hydrogens (tertiary/aromatic N) is 2. The van der Waals surface area contributed by atoms with Crippen molar-refractivity contribution >= 4 is 11.8 Å². The molecule has 2 aromatic carbocycles. The fraction of sp³-hybridized carbons (Fsp3) is 0.429. The molecule has 1 N–H and O–H groups in total. The molecule has 0 bridgehead atoms. The number of amides is 2. The molecule has 5 rings (SSSR count). The molecule has 3 fully saturated rings. The molecule has 0 saturated carbocycles. The molecule has 0 spiro atoms. The first-order chi connectivity index (χ1) is 17.1. The van der Waals surface area contributed by atoms with Crippen LogP contribution in [0.5, 0.6) is 5.75 Å². The average molecular weight is 475 g/mol. The number of aliphatic hydroxyl groups is 1. The van der Waals surface area contributed by atoms with Crippen molar-refractivity contribution in [1.29, 1.82) is 0 Å². The van der Waals surface area contributed by atoms with E-state index in [4.69, 9.17) is 9.47 Å². The van der Waals surface area contributed by atoms with Gasteiger partial charge in [-0.05, 0) is 54.8 Å². The van der Waals surface area contributed by atoms with Gasteiger partial charge in [-0.15, -0.1) is 0 Å². The van der Waals surface area contributed by atoms with Gasteiger partial charge >= 0.3 is 0 Å². The van der Waals surface area contributed by atoms with Gasteiger partial charge in [-0.3, -0.25) is 9.59 Å². The third-order valence-electron chi connectivity index (χ3n) is 7.37. The van der Waals surface area contributed by atoms with Crippen LogP contribution >= 0.6 is 0 Å². The Kier molecular flexibility index (Phi) is 6.76. The third kappa shape index (κ3) is 4.64. The number of aliphatic hydroxyl groups excluding tert-OH is 1. The summed E-state index contributed by atoms with van der Waals surface area (Å²) in [6, 6.07) is 15.2. The molecule has 2 amide bonds. The number of fused-ring (bicyclic) bond motifs is 1. The molecule has 3 heterocycles. The Labute approximate surface area is 205 Å². The van der Waals surface area contributed by atoms with Crippen LogP contribution in [0.1, 0.15) is 35.4 Å². The first-order valence-corrected chi connectivity index (χ1v) is 12.1. The molecule has 35 heavy (non-hydrogen) atoms. The van der Waals surface area contributed by atoms with E-state index < -0.39 is 0 Å². The number of hydrogen-bond acceptors (Lipinski definition) is 5. The highest BCUT2D eigenvalue weighted by molar-refractivity contribution is 5.88. The second-order valence-corrected chi connectivity index (χ2v) is 9.35. The molecule has 0 radical (unpaired) electrons. The summed E-state index contributed by atoms with van der Waals surface area (Å²) >= 11 is 0. The molecule has 3 atom stereocenters. The van der Waals surface area contributed by atoms with Crippen LogP contribution in [0.2, 0.25) is 0 Å². The molecule has 3 saturated heterocycles. The highest BCUT2D eigenvalue weighted by Crippen LogP contribution is 2.43. The maximum atomic E-state index is 13.1. The fourth-order valence-electron chi connectivity index (χ4n) is 5.48. The van der Waals surface area contributed by atoms with Crippen molar-refractivity contribution in [3.8, 4) is 17.6 Å². The normalized spacial score (nSPS) is 24.2. The highest BCUT2D eigenvalue weighted by atomic mass is 16.5. The largest absolute Gasteiger partial charge is 0.497 e. The maximum Gasteiger partial charge on any atom is 0.242 e. The summed E-state index contributed by atoms with van der Waals surface area (Å²) in [6.45, 7) is 1.69. The van der Waals surface area contributed by atoms with E-state index in [-0.39, 0.29) is 48.9 Å². The van der Waals surface area contributed by atoms with E-state index in [9.17, 15) is 14.7 Å². The van der Waals surface area contributed by atoms with Gasteiger partial charge < -0.3 is 24.4 Å². The van der Waals surface area contributed by atoms with Gasteiger partial charge in [-0.2, -0.15) is 0 Å². The standard InChI is InChI=1S/C28H30N2O5/c1-34-23-10-6-20(7-11-23)3-2-19-4-8-21(9-5-19)27-24-16-29(17-26(32)30(24)25(27)18-31)28(33)22-12-14-35-15-13-22/h4-11,22,24-25,27,31H,12-18H2,1H3/t24-,25+,27+/m0/s1. The van der Waals surface area contributed by atoms with E-state index in [2.05, 4.69) is 11.8 Å². The minimum atomic E-state index is -0.260. The average Bonchev–Trinajstić information content (AvgIpc) is 2.89. The van der Waals surface area contributed by atoms with Crippen LogP contribution in [-0.2, 0) is 14.3 Å². The van der Waals surface area contributed by atoms with Gasteiger partial charge in [0.25, 0.3) is 0 Å². The summed E-state index contributed by atoms with van der Waals surface area (Å²) in [5.41, 5.74) is 2.84. The number of benzene rings is 2. The Morgan fingerprint density at radius 2 is 1.69 bits per heavy atom. The van der Waals surface area contributed by atoms with Crippen molar-refractivity contribution in [2.45, 2.75) is 30.8 Å². The van der Waals surface area contributed by atoms with Gasteiger partial charge in [-0.25, -0.2) is 0 Å². The van der Waals surface area contributed by atoms with E-state index in [1.807, 2.05) is 48.5 Å². The molecule has 0 aromatic heterocycles.